The number of hydrogen-bond acceptors (Lipinski definition) is 4. The molecule has 4 nitrogen and oxygen atoms in total. The lowest BCUT2D eigenvalue weighted by Gasteiger charge is -2.20. The van der Waals surface area contributed by atoms with Crippen LogP contribution in [0, 0.1) is 0 Å². The molecule has 0 fully saturated rings. The molecule has 0 aromatic heterocycles. The number of nitrogens with one attached hydrogen (secondary N) is 1. The number of fused-ring (bicyclic) bond motifs is 2. The Hall–Kier alpha value is -1.07. The van der Waals surface area contributed by atoms with E-state index in [2.05, 4.69) is 12.2 Å². The monoisotopic (exact) mass is 267 g/mol. The van der Waals surface area contributed by atoms with Gasteiger partial charge in [0.15, 0.2) is 11.5 Å². The highest BCUT2D eigenvalue weighted by Gasteiger charge is 2.37. The molecular formula is C13H17NO3S. The molecule has 3 rings (SSSR count). The van der Waals surface area contributed by atoms with Crippen molar-refractivity contribution in [3.63, 3.8) is 0 Å². The largest absolute Gasteiger partial charge is 0.486 e. The summed E-state index contributed by atoms with van der Waals surface area (Å²) in [7, 11) is -0.970. The number of hydrogen-bond donors (Lipinski definition) is 1. The second-order valence-electron chi connectivity index (χ2n) is 4.57. The lowest BCUT2D eigenvalue weighted by Crippen LogP contribution is -2.27. The molecule has 0 spiro atoms. The van der Waals surface area contributed by atoms with E-state index in [1.165, 1.54) is 0 Å². The van der Waals surface area contributed by atoms with E-state index in [9.17, 15) is 4.21 Å². The zero-order valence-electron chi connectivity index (χ0n) is 10.6. The first-order valence-electron chi connectivity index (χ1n) is 6.30. The molecule has 0 saturated heterocycles. The van der Waals surface area contributed by atoms with Gasteiger partial charge in [0.05, 0.1) is 16.0 Å². The van der Waals surface area contributed by atoms with Crippen LogP contribution in [-0.4, -0.2) is 29.2 Å². The SMILES string of the molecule is CCNC1c2cc3c(cc2S(=O)C1C)OCCO3. The van der Waals surface area contributed by atoms with Gasteiger partial charge in [-0.05, 0) is 25.1 Å². The van der Waals surface area contributed by atoms with Gasteiger partial charge in [-0.2, -0.15) is 0 Å². The van der Waals surface area contributed by atoms with Crippen molar-refractivity contribution in [2.75, 3.05) is 19.8 Å². The maximum Gasteiger partial charge on any atom is 0.162 e. The Labute approximate surface area is 109 Å². The molecule has 3 atom stereocenters. The summed E-state index contributed by atoms with van der Waals surface area (Å²) in [4.78, 5) is 0.887. The number of benzene rings is 1. The number of rotatable bonds is 2. The van der Waals surface area contributed by atoms with E-state index in [0.717, 1.165) is 28.5 Å². The van der Waals surface area contributed by atoms with Crippen molar-refractivity contribution < 1.29 is 13.7 Å². The van der Waals surface area contributed by atoms with Gasteiger partial charge in [-0.15, -0.1) is 0 Å². The summed E-state index contributed by atoms with van der Waals surface area (Å²) in [6, 6.07) is 4.01. The normalized spacial score (nSPS) is 29.1. The van der Waals surface area contributed by atoms with Crippen molar-refractivity contribution in [1.29, 1.82) is 0 Å². The summed E-state index contributed by atoms with van der Waals surface area (Å²) >= 11 is 0. The van der Waals surface area contributed by atoms with Crippen molar-refractivity contribution >= 4 is 10.8 Å². The standard InChI is InChI=1S/C13H17NO3S/c1-3-14-13-8(2)18(15)12-7-11-10(6-9(12)13)16-4-5-17-11/h6-8,13-14H,3-5H2,1-2H3. The van der Waals surface area contributed by atoms with Crippen LogP contribution in [0.2, 0.25) is 0 Å². The molecule has 0 radical (unpaired) electrons. The smallest absolute Gasteiger partial charge is 0.162 e. The quantitative estimate of drug-likeness (QED) is 0.884. The van der Waals surface area contributed by atoms with Gasteiger partial charge in [0.25, 0.3) is 0 Å². The van der Waals surface area contributed by atoms with Gasteiger partial charge in [-0.25, -0.2) is 0 Å². The van der Waals surface area contributed by atoms with E-state index < -0.39 is 10.8 Å². The van der Waals surface area contributed by atoms with Crippen LogP contribution in [0.1, 0.15) is 25.5 Å². The zero-order valence-corrected chi connectivity index (χ0v) is 11.4. The molecule has 3 unspecified atom stereocenters. The molecule has 0 aliphatic carbocycles. The molecule has 2 aliphatic rings. The van der Waals surface area contributed by atoms with Gasteiger partial charge in [0.2, 0.25) is 0 Å². The van der Waals surface area contributed by atoms with Crippen LogP contribution in [0.4, 0.5) is 0 Å². The van der Waals surface area contributed by atoms with E-state index in [1.807, 2.05) is 19.1 Å². The summed E-state index contributed by atoms with van der Waals surface area (Å²) in [5, 5.41) is 3.49. The van der Waals surface area contributed by atoms with Crippen LogP contribution in [0.3, 0.4) is 0 Å². The van der Waals surface area contributed by atoms with Crippen LogP contribution in [0.5, 0.6) is 11.5 Å². The van der Waals surface area contributed by atoms with Crippen molar-refractivity contribution in [2.24, 2.45) is 0 Å². The van der Waals surface area contributed by atoms with Crippen LogP contribution in [-0.2, 0) is 10.8 Å². The minimum absolute atomic E-state index is 0.0869. The molecule has 5 heteroatoms. The molecule has 18 heavy (non-hydrogen) atoms. The molecule has 2 aliphatic heterocycles. The molecule has 1 aromatic carbocycles. The lowest BCUT2D eigenvalue weighted by molar-refractivity contribution is 0.170. The van der Waals surface area contributed by atoms with Crippen LogP contribution in [0.15, 0.2) is 17.0 Å². The van der Waals surface area contributed by atoms with Gasteiger partial charge in [0.1, 0.15) is 13.2 Å². The fraction of sp³-hybridized carbons (Fsp3) is 0.538. The minimum atomic E-state index is -0.970. The average Bonchev–Trinajstić information content (AvgIpc) is 2.62. The van der Waals surface area contributed by atoms with Gasteiger partial charge < -0.3 is 14.8 Å². The van der Waals surface area contributed by atoms with Crippen LogP contribution >= 0.6 is 0 Å². The van der Waals surface area contributed by atoms with Crippen molar-refractivity contribution in [3.8, 4) is 11.5 Å². The highest BCUT2D eigenvalue weighted by Crippen LogP contribution is 2.43. The van der Waals surface area contributed by atoms with Crippen LogP contribution in [0.25, 0.3) is 0 Å². The third kappa shape index (κ3) is 1.73. The zero-order chi connectivity index (χ0) is 12.7. The second kappa shape index (κ2) is 4.55. The predicted molar refractivity (Wildman–Crippen MR) is 69.7 cm³/mol. The molecule has 0 bridgehead atoms. The van der Waals surface area contributed by atoms with Crippen molar-refractivity contribution in [3.05, 3.63) is 17.7 Å². The first-order valence-corrected chi connectivity index (χ1v) is 7.51. The maximum absolute atomic E-state index is 12.3. The van der Waals surface area contributed by atoms with Crippen LogP contribution < -0.4 is 14.8 Å². The molecule has 0 amide bonds. The Morgan fingerprint density at radius 3 is 2.67 bits per heavy atom. The molecule has 1 aromatic rings. The molecule has 98 valence electrons. The topological polar surface area (TPSA) is 47.6 Å². The summed E-state index contributed by atoms with van der Waals surface area (Å²) < 4.78 is 23.5. The van der Waals surface area contributed by atoms with Gasteiger partial charge >= 0.3 is 0 Å². The van der Waals surface area contributed by atoms with E-state index >= 15 is 0 Å². The molecule has 0 saturated carbocycles. The van der Waals surface area contributed by atoms with Gasteiger partial charge in [0, 0.05) is 17.0 Å². The van der Waals surface area contributed by atoms with E-state index in [1.54, 1.807) is 0 Å². The molecule has 2 heterocycles. The lowest BCUT2D eigenvalue weighted by atomic mass is 10.0. The Kier molecular flexibility index (Phi) is 3.03. The summed E-state index contributed by atoms with van der Waals surface area (Å²) in [5.41, 5.74) is 1.09. The highest BCUT2D eigenvalue weighted by molar-refractivity contribution is 7.86. The van der Waals surface area contributed by atoms with Crippen molar-refractivity contribution in [1.82, 2.24) is 5.32 Å². The number of ether oxygens (including phenoxy) is 2. The Morgan fingerprint density at radius 2 is 2.00 bits per heavy atom. The molecular weight excluding hydrogens is 250 g/mol. The molecule has 1 N–H and O–H groups in total. The van der Waals surface area contributed by atoms with Crippen molar-refractivity contribution in [2.45, 2.75) is 30.0 Å². The minimum Gasteiger partial charge on any atom is -0.486 e. The van der Waals surface area contributed by atoms with E-state index in [0.29, 0.717) is 13.2 Å². The third-order valence-electron chi connectivity index (χ3n) is 3.46. The summed E-state index contributed by atoms with van der Waals surface area (Å²) in [5.74, 6) is 1.49. The Morgan fingerprint density at radius 1 is 1.33 bits per heavy atom. The predicted octanol–water partition coefficient (Wildman–Crippen LogP) is 1.62. The Balaban J connectivity index is 2.08. The van der Waals surface area contributed by atoms with Gasteiger partial charge in [-0.1, -0.05) is 6.92 Å². The third-order valence-corrected chi connectivity index (χ3v) is 5.19. The first-order chi connectivity index (χ1) is 8.72. The average molecular weight is 267 g/mol. The maximum atomic E-state index is 12.3. The fourth-order valence-electron chi connectivity index (χ4n) is 2.58. The second-order valence-corrected chi connectivity index (χ2v) is 6.35. The summed E-state index contributed by atoms with van der Waals surface area (Å²) in [6.07, 6.45) is 0. The Bertz CT molecular complexity index is 503. The van der Waals surface area contributed by atoms with E-state index in [4.69, 9.17) is 9.47 Å². The highest BCUT2D eigenvalue weighted by atomic mass is 32.2. The summed E-state index contributed by atoms with van der Waals surface area (Å²) in [6.45, 7) is 6.08. The fourth-order valence-corrected chi connectivity index (χ4v) is 4.11. The first kappa shape index (κ1) is 12.0. The van der Waals surface area contributed by atoms with Gasteiger partial charge in [-0.3, -0.25) is 4.21 Å². The van der Waals surface area contributed by atoms with E-state index in [-0.39, 0.29) is 11.3 Å².